The lowest BCUT2D eigenvalue weighted by molar-refractivity contribution is 0.485. The van der Waals surface area contributed by atoms with Gasteiger partial charge in [0.15, 0.2) is 5.75 Å². The van der Waals surface area contributed by atoms with Crippen molar-refractivity contribution in [2.45, 2.75) is 6.54 Å². The molecule has 0 bridgehead atoms. The third kappa shape index (κ3) is 4.90. The highest BCUT2D eigenvalue weighted by atomic mass is 16.5. The highest BCUT2D eigenvalue weighted by Crippen LogP contribution is 2.31. The van der Waals surface area contributed by atoms with Crippen molar-refractivity contribution >= 4 is 17.5 Å². The number of anilines is 3. The number of nitrogens with zero attached hydrogens (tertiary/aromatic N) is 3. The summed E-state index contributed by atoms with van der Waals surface area (Å²) in [6, 6.07) is 29.6. The van der Waals surface area contributed by atoms with E-state index in [4.69, 9.17) is 4.74 Å². The highest BCUT2D eigenvalue weighted by molar-refractivity contribution is 5.65. The Balaban J connectivity index is 1.51. The van der Waals surface area contributed by atoms with Crippen molar-refractivity contribution in [2.75, 3.05) is 17.3 Å². The van der Waals surface area contributed by atoms with E-state index in [0.29, 0.717) is 11.8 Å². The minimum atomic E-state index is 0.653. The van der Waals surface area contributed by atoms with Crippen LogP contribution in [0.5, 0.6) is 11.5 Å². The van der Waals surface area contributed by atoms with Crippen LogP contribution in [0.3, 0.4) is 0 Å². The van der Waals surface area contributed by atoms with Crippen LogP contribution in [0.2, 0.25) is 0 Å². The van der Waals surface area contributed by atoms with Crippen molar-refractivity contribution in [2.24, 2.45) is 0 Å². The van der Waals surface area contributed by atoms with E-state index in [1.165, 1.54) is 5.56 Å². The first-order valence-electron chi connectivity index (χ1n) is 9.45. The quantitative estimate of drug-likeness (QED) is 0.448. The van der Waals surface area contributed by atoms with Crippen molar-refractivity contribution in [1.29, 1.82) is 0 Å². The fraction of sp³-hybridized carbons (Fsp3) is 0.0833. The molecule has 4 aromatic rings. The Labute approximate surface area is 170 Å². The van der Waals surface area contributed by atoms with E-state index < -0.39 is 0 Å². The van der Waals surface area contributed by atoms with Gasteiger partial charge in [0.25, 0.3) is 0 Å². The molecule has 0 saturated carbocycles. The molecule has 1 heterocycles. The molecule has 4 rings (SSSR count). The molecule has 0 amide bonds. The Morgan fingerprint density at radius 1 is 0.828 bits per heavy atom. The summed E-state index contributed by atoms with van der Waals surface area (Å²) in [6.45, 7) is 0.734. The van der Waals surface area contributed by atoms with Crippen LogP contribution in [-0.4, -0.2) is 17.0 Å². The molecule has 144 valence electrons. The molecule has 0 radical (unpaired) electrons. The standard InChI is InChI=1S/C24H22N4O/c1-28(18-19-10-4-2-5-11-19)24-25-17-16-23(27-24)26-21-14-8-9-15-22(21)29-20-12-6-3-7-13-20/h2-17H,18H2,1H3,(H,25,26,27). The average molecular weight is 382 g/mol. The Bertz CT molecular complexity index is 1050. The molecule has 29 heavy (non-hydrogen) atoms. The fourth-order valence-corrected chi connectivity index (χ4v) is 2.94. The maximum Gasteiger partial charge on any atom is 0.227 e. The molecular weight excluding hydrogens is 360 g/mol. The summed E-state index contributed by atoms with van der Waals surface area (Å²) in [5, 5.41) is 3.35. The first kappa shape index (κ1) is 18.5. The van der Waals surface area contributed by atoms with Gasteiger partial charge >= 0.3 is 0 Å². The van der Waals surface area contributed by atoms with Crippen LogP contribution in [0, 0.1) is 0 Å². The van der Waals surface area contributed by atoms with Crippen LogP contribution in [0.4, 0.5) is 17.5 Å². The topological polar surface area (TPSA) is 50.3 Å². The number of nitrogens with one attached hydrogen (secondary N) is 1. The summed E-state index contributed by atoms with van der Waals surface area (Å²) in [6.07, 6.45) is 1.76. The lowest BCUT2D eigenvalue weighted by Crippen LogP contribution is -2.19. The normalized spacial score (nSPS) is 10.4. The smallest absolute Gasteiger partial charge is 0.227 e. The van der Waals surface area contributed by atoms with Gasteiger partial charge < -0.3 is 15.0 Å². The second-order valence-electron chi connectivity index (χ2n) is 6.62. The lowest BCUT2D eigenvalue weighted by Gasteiger charge is -2.18. The van der Waals surface area contributed by atoms with E-state index in [0.717, 1.165) is 23.7 Å². The second-order valence-corrected chi connectivity index (χ2v) is 6.62. The molecule has 0 aliphatic carbocycles. The largest absolute Gasteiger partial charge is 0.455 e. The van der Waals surface area contributed by atoms with E-state index in [2.05, 4.69) is 27.4 Å². The fourth-order valence-electron chi connectivity index (χ4n) is 2.94. The number of para-hydroxylation sites is 3. The van der Waals surface area contributed by atoms with Crippen LogP contribution in [-0.2, 0) is 6.54 Å². The highest BCUT2D eigenvalue weighted by Gasteiger charge is 2.09. The molecule has 0 unspecified atom stereocenters. The van der Waals surface area contributed by atoms with Gasteiger partial charge in [0, 0.05) is 19.8 Å². The number of benzene rings is 3. The van der Waals surface area contributed by atoms with E-state index >= 15 is 0 Å². The third-order valence-electron chi connectivity index (χ3n) is 4.37. The van der Waals surface area contributed by atoms with Crippen molar-refractivity contribution in [1.82, 2.24) is 9.97 Å². The minimum absolute atomic E-state index is 0.653. The van der Waals surface area contributed by atoms with Gasteiger partial charge in [-0.3, -0.25) is 0 Å². The van der Waals surface area contributed by atoms with Crippen LogP contribution in [0.1, 0.15) is 5.56 Å². The van der Waals surface area contributed by atoms with Crippen molar-refractivity contribution in [3.8, 4) is 11.5 Å². The number of hydrogen-bond donors (Lipinski definition) is 1. The number of aromatic nitrogens is 2. The monoisotopic (exact) mass is 382 g/mol. The van der Waals surface area contributed by atoms with Gasteiger partial charge in [-0.05, 0) is 35.9 Å². The van der Waals surface area contributed by atoms with Gasteiger partial charge in [-0.1, -0.05) is 60.7 Å². The maximum absolute atomic E-state index is 6.02. The summed E-state index contributed by atoms with van der Waals surface area (Å²) >= 11 is 0. The predicted octanol–water partition coefficient (Wildman–Crippen LogP) is 5.65. The molecule has 0 fully saturated rings. The number of rotatable bonds is 7. The third-order valence-corrected chi connectivity index (χ3v) is 4.37. The SMILES string of the molecule is CN(Cc1ccccc1)c1nccc(Nc2ccccc2Oc2ccccc2)n1. The summed E-state index contributed by atoms with van der Waals surface area (Å²) in [5.41, 5.74) is 2.05. The van der Waals surface area contributed by atoms with E-state index in [1.54, 1.807) is 6.20 Å². The molecule has 5 heteroatoms. The summed E-state index contributed by atoms with van der Waals surface area (Å²) in [4.78, 5) is 11.1. The number of ether oxygens (including phenoxy) is 1. The molecule has 5 nitrogen and oxygen atoms in total. The molecule has 1 N–H and O–H groups in total. The van der Waals surface area contributed by atoms with Crippen LogP contribution >= 0.6 is 0 Å². The summed E-state index contributed by atoms with van der Waals surface area (Å²) in [5.74, 6) is 2.88. The first-order chi connectivity index (χ1) is 14.3. The molecule has 0 spiro atoms. The Morgan fingerprint density at radius 2 is 1.52 bits per heavy atom. The zero-order chi connectivity index (χ0) is 19.9. The van der Waals surface area contributed by atoms with Crippen LogP contribution < -0.4 is 15.0 Å². The van der Waals surface area contributed by atoms with Crippen LogP contribution in [0.15, 0.2) is 97.2 Å². The summed E-state index contributed by atoms with van der Waals surface area (Å²) in [7, 11) is 1.98. The van der Waals surface area contributed by atoms with Gasteiger partial charge in [0.1, 0.15) is 11.6 Å². The second kappa shape index (κ2) is 8.89. The Hall–Kier alpha value is -3.86. The maximum atomic E-state index is 6.02. The molecule has 0 atom stereocenters. The minimum Gasteiger partial charge on any atom is -0.455 e. The lowest BCUT2D eigenvalue weighted by atomic mass is 10.2. The molecule has 0 aliphatic rings. The van der Waals surface area contributed by atoms with Gasteiger partial charge in [0.2, 0.25) is 5.95 Å². The Morgan fingerprint density at radius 3 is 2.31 bits per heavy atom. The van der Waals surface area contributed by atoms with Crippen molar-refractivity contribution < 1.29 is 4.74 Å². The molecule has 0 saturated heterocycles. The molecule has 1 aromatic heterocycles. The van der Waals surface area contributed by atoms with Gasteiger partial charge in [-0.15, -0.1) is 0 Å². The Kier molecular flexibility index (Phi) is 5.67. The molecular formula is C24H22N4O. The van der Waals surface area contributed by atoms with E-state index in [-0.39, 0.29) is 0 Å². The van der Waals surface area contributed by atoms with E-state index in [9.17, 15) is 0 Å². The predicted molar refractivity (Wildman–Crippen MR) is 117 cm³/mol. The zero-order valence-electron chi connectivity index (χ0n) is 16.2. The van der Waals surface area contributed by atoms with Crippen LogP contribution in [0.25, 0.3) is 0 Å². The number of hydrogen-bond acceptors (Lipinski definition) is 5. The van der Waals surface area contributed by atoms with Gasteiger partial charge in [0.05, 0.1) is 5.69 Å². The first-order valence-corrected chi connectivity index (χ1v) is 9.45. The molecule has 0 aliphatic heterocycles. The van der Waals surface area contributed by atoms with Crippen molar-refractivity contribution in [3.05, 3.63) is 103 Å². The summed E-state index contributed by atoms with van der Waals surface area (Å²) < 4.78 is 6.02. The molecule has 3 aromatic carbocycles. The van der Waals surface area contributed by atoms with Crippen molar-refractivity contribution in [3.63, 3.8) is 0 Å². The average Bonchev–Trinajstić information content (AvgIpc) is 2.77. The van der Waals surface area contributed by atoms with Gasteiger partial charge in [-0.25, -0.2) is 4.98 Å². The van der Waals surface area contributed by atoms with E-state index in [1.807, 2.05) is 90.8 Å². The van der Waals surface area contributed by atoms with Gasteiger partial charge in [-0.2, -0.15) is 4.98 Å². The zero-order valence-corrected chi connectivity index (χ0v) is 16.2.